The number of nitrogens with zero attached hydrogens (tertiary/aromatic N) is 3. The van der Waals surface area contributed by atoms with Gasteiger partial charge in [-0.15, -0.1) is 0 Å². The SMILES string of the molecule is CCNC(=NCC(=O)NC(C)(C)C)NCCCCN1CCN(CC)CC1. The van der Waals surface area contributed by atoms with Crippen molar-refractivity contribution in [2.45, 2.75) is 53.0 Å². The smallest absolute Gasteiger partial charge is 0.242 e. The molecule has 7 nitrogen and oxygen atoms in total. The van der Waals surface area contributed by atoms with Crippen LogP contribution in [0, 0.1) is 0 Å². The van der Waals surface area contributed by atoms with Crippen LogP contribution in [0.25, 0.3) is 0 Å². The average molecular weight is 369 g/mol. The molecule has 1 amide bonds. The normalized spacial score (nSPS) is 17.2. The Labute approximate surface area is 160 Å². The third kappa shape index (κ3) is 10.6. The monoisotopic (exact) mass is 368 g/mol. The van der Waals surface area contributed by atoms with E-state index in [4.69, 9.17) is 0 Å². The summed E-state index contributed by atoms with van der Waals surface area (Å²) >= 11 is 0. The second kappa shape index (κ2) is 12.1. The third-order valence-electron chi connectivity index (χ3n) is 4.35. The predicted octanol–water partition coefficient (Wildman–Crippen LogP) is 0.874. The summed E-state index contributed by atoms with van der Waals surface area (Å²) < 4.78 is 0. The van der Waals surface area contributed by atoms with Crippen LogP contribution in [0.4, 0.5) is 0 Å². The van der Waals surface area contributed by atoms with Gasteiger partial charge in [0.1, 0.15) is 6.54 Å². The maximum Gasteiger partial charge on any atom is 0.242 e. The zero-order valence-electron chi connectivity index (χ0n) is 17.5. The van der Waals surface area contributed by atoms with Gasteiger partial charge in [0.2, 0.25) is 5.91 Å². The molecule has 1 fully saturated rings. The molecular weight excluding hydrogens is 328 g/mol. The summed E-state index contributed by atoms with van der Waals surface area (Å²) in [5, 5.41) is 9.45. The van der Waals surface area contributed by atoms with Gasteiger partial charge < -0.3 is 25.8 Å². The zero-order chi connectivity index (χ0) is 19.4. The van der Waals surface area contributed by atoms with Gasteiger partial charge in [0.05, 0.1) is 0 Å². The molecule has 7 heteroatoms. The third-order valence-corrected chi connectivity index (χ3v) is 4.35. The lowest BCUT2D eigenvalue weighted by atomic mass is 10.1. The second-order valence-electron chi connectivity index (χ2n) is 7.90. The Morgan fingerprint density at radius 3 is 2.23 bits per heavy atom. The first kappa shape index (κ1) is 22.7. The van der Waals surface area contributed by atoms with Crippen LogP contribution in [-0.4, -0.2) is 86.1 Å². The minimum absolute atomic E-state index is 0.0547. The highest BCUT2D eigenvalue weighted by atomic mass is 16.2. The lowest BCUT2D eigenvalue weighted by Gasteiger charge is -2.34. The molecule has 1 heterocycles. The maximum atomic E-state index is 11.9. The van der Waals surface area contributed by atoms with Crippen molar-refractivity contribution in [3.63, 3.8) is 0 Å². The summed E-state index contributed by atoms with van der Waals surface area (Å²) in [6.45, 7) is 19.1. The van der Waals surface area contributed by atoms with Crippen molar-refractivity contribution in [3.8, 4) is 0 Å². The van der Waals surface area contributed by atoms with Crippen molar-refractivity contribution >= 4 is 11.9 Å². The van der Waals surface area contributed by atoms with Crippen LogP contribution in [0.1, 0.15) is 47.5 Å². The molecule has 152 valence electrons. The topological polar surface area (TPSA) is 72.0 Å². The van der Waals surface area contributed by atoms with Gasteiger partial charge in [-0.1, -0.05) is 6.92 Å². The number of carbonyl (C=O) groups excluding carboxylic acids is 1. The summed E-state index contributed by atoms with van der Waals surface area (Å²) in [7, 11) is 0. The summed E-state index contributed by atoms with van der Waals surface area (Å²) in [4.78, 5) is 21.3. The molecule has 0 saturated carbocycles. The van der Waals surface area contributed by atoms with E-state index in [1.807, 2.05) is 27.7 Å². The minimum Gasteiger partial charge on any atom is -0.357 e. The largest absolute Gasteiger partial charge is 0.357 e. The zero-order valence-corrected chi connectivity index (χ0v) is 17.5. The lowest BCUT2D eigenvalue weighted by Crippen LogP contribution is -2.46. The highest BCUT2D eigenvalue weighted by Crippen LogP contribution is 2.03. The van der Waals surface area contributed by atoms with Crippen LogP contribution < -0.4 is 16.0 Å². The summed E-state index contributed by atoms with van der Waals surface area (Å²) in [6, 6.07) is 0. The number of rotatable bonds is 9. The van der Waals surface area contributed by atoms with Crippen molar-refractivity contribution in [2.75, 3.05) is 58.9 Å². The number of aliphatic imine (C=N–C) groups is 1. The molecule has 0 aliphatic carbocycles. The Kier molecular flexibility index (Phi) is 10.6. The van der Waals surface area contributed by atoms with E-state index in [9.17, 15) is 4.79 Å². The van der Waals surface area contributed by atoms with Gasteiger partial charge in [-0.05, 0) is 53.6 Å². The highest BCUT2D eigenvalue weighted by Gasteiger charge is 2.15. The minimum atomic E-state index is -0.221. The summed E-state index contributed by atoms with van der Waals surface area (Å²) in [5.74, 6) is 0.661. The van der Waals surface area contributed by atoms with Crippen LogP contribution in [0.15, 0.2) is 4.99 Å². The van der Waals surface area contributed by atoms with Crippen molar-refractivity contribution in [2.24, 2.45) is 4.99 Å². The molecule has 0 aromatic heterocycles. The van der Waals surface area contributed by atoms with Crippen LogP contribution >= 0.6 is 0 Å². The van der Waals surface area contributed by atoms with E-state index in [-0.39, 0.29) is 18.0 Å². The molecule has 0 aromatic rings. The predicted molar refractivity (Wildman–Crippen MR) is 110 cm³/mol. The molecule has 1 saturated heterocycles. The van der Waals surface area contributed by atoms with Crippen LogP contribution in [0.3, 0.4) is 0 Å². The van der Waals surface area contributed by atoms with E-state index in [2.05, 4.69) is 37.7 Å². The van der Waals surface area contributed by atoms with E-state index in [0.717, 1.165) is 26.1 Å². The fourth-order valence-electron chi connectivity index (χ4n) is 2.95. The Balaban J connectivity index is 2.20. The number of nitrogens with one attached hydrogen (secondary N) is 3. The van der Waals surface area contributed by atoms with Gasteiger partial charge >= 0.3 is 0 Å². The number of piperazine rings is 1. The van der Waals surface area contributed by atoms with Crippen LogP contribution in [-0.2, 0) is 4.79 Å². The molecular formula is C19H40N6O. The lowest BCUT2D eigenvalue weighted by molar-refractivity contribution is -0.121. The van der Waals surface area contributed by atoms with Gasteiger partial charge in [0, 0.05) is 44.8 Å². The van der Waals surface area contributed by atoms with Crippen molar-refractivity contribution in [1.82, 2.24) is 25.8 Å². The van der Waals surface area contributed by atoms with Gasteiger partial charge in [-0.25, -0.2) is 4.99 Å². The van der Waals surface area contributed by atoms with Gasteiger partial charge in [0.25, 0.3) is 0 Å². The molecule has 0 radical (unpaired) electrons. The summed E-state index contributed by atoms with van der Waals surface area (Å²) in [6.07, 6.45) is 2.29. The second-order valence-corrected chi connectivity index (χ2v) is 7.90. The van der Waals surface area contributed by atoms with Crippen LogP contribution in [0.2, 0.25) is 0 Å². The molecule has 0 unspecified atom stereocenters. The molecule has 1 aliphatic rings. The number of unbranched alkanes of at least 4 members (excludes halogenated alkanes) is 1. The standard InChI is InChI=1S/C19H40N6O/c1-6-20-18(22-16-17(26)23-19(3,4)5)21-10-8-9-11-25-14-12-24(7-2)13-15-25/h6-16H2,1-5H3,(H,23,26)(H2,20,21,22). The maximum absolute atomic E-state index is 11.9. The van der Waals surface area contributed by atoms with E-state index >= 15 is 0 Å². The van der Waals surface area contributed by atoms with Gasteiger partial charge in [-0.3, -0.25) is 4.79 Å². The molecule has 0 spiro atoms. The quantitative estimate of drug-likeness (QED) is 0.320. The van der Waals surface area contributed by atoms with Crippen LogP contribution in [0.5, 0.6) is 0 Å². The number of hydrogen-bond donors (Lipinski definition) is 3. The first-order valence-electron chi connectivity index (χ1n) is 10.1. The van der Waals surface area contributed by atoms with Crippen molar-refractivity contribution < 1.29 is 4.79 Å². The molecule has 0 bridgehead atoms. The Morgan fingerprint density at radius 1 is 1.00 bits per heavy atom. The first-order valence-corrected chi connectivity index (χ1v) is 10.1. The number of carbonyl (C=O) groups is 1. The van der Waals surface area contributed by atoms with E-state index in [1.165, 1.54) is 39.1 Å². The fourth-order valence-corrected chi connectivity index (χ4v) is 2.95. The molecule has 3 N–H and O–H groups in total. The van der Waals surface area contributed by atoms with E-state index < -0.39 is 0 Å². The number of hydrogen-bond acceptors (Lipinski definition) is 4. The van der Waals surface area contributed by atoms with Gasteiger partial charge in [-0.2, -0.15) is 0 Å². The van der Waals surface area contributed by atoms with E-state index in [1.54, 1.807) is 0 Å². The summed E-state index contributed by atoms with van der Waals surface area (Å²) in [5.41, 5.74) is -0.221. The molecule has 0 aromatic carbocycles. The molecule has 1 rings (SSSR count). The Hall–Kier alpha value is -1.34. The highest BCUT2D eigenvalue weighted by molar-refractivity contribution is 5.85. The number of amides is 1. The molecule has 1 aliphatic heterocycles. The molecule has 26 heavy (non-hydrogen) atoms. The first-order chi connectivity index (χ1) is 12.3. The van der Waals surface area contributed by atoms with Crippen molar-refractivity contribution in [1.29, 1.82) is 0 Å². The number of guanidine groups is 1. The van der Waals surface area contributed by atoms with E-state index in [0.29, 0.717) is 5.96 Å². The molecule has 0 atom stereocenters. The van der Waals surface area contributed by atoms with Crippen molar-refractivity contribution in [3.05, 3.63) is 0 Å². The average Bonchev–Trinajstić information content (AvgIpc) is 2.58. The van der Waals surface area contributed by atoms with Gasteiger partial charge in [0.15, 0.2) is 5.96 Å². The Morgan fingerprint density at radius 2 is 1.65 bits per heavy atom. The number of likely N-dealkylation sites (N-methyl/N-ethyl adjacent to an activating group) is 1. The Bertz CT molecular complexity index is 424. The fraction of sp³-hybridized carbons (Fsp3) is 0.895.